The topological polar surface area (TPSA) is 30.5 Å². The first kappa shape index (κ1) is 15.4. The Hall–Kier alpha value is -1.52. The van der Waals surface area contributed by atoms with Gasteiger partial charge in [0.1, 0.15) is 0 Å². The van der Waals surface area contributed by atoms with Gasteiger partial charge in [-0.05, 0) is 60.3 Å². The minimum Gasteiger partial charge on any atom is -0.493 e. The summed E-state index contributed by atoms with van der Waals surface area (Å²) in [6.45, 7) is 0.990. The first-order valence-corrected chi connectivity index (χ1v) is 8.23. The molecule has 1 N–H and O–H groups in total. The lowest BCUT2D eigenvalue weighted by Crippen LogP contribution is -2.31. The van der Waals surface area contributed by atoms with Gasteiger partial charge in [0, 0.05) is 10.5 Å². The number of ether oxygens (including phenoxy) is 2. The van der Waals surface area contributed by atoms with E-state index >= 15 is 0 Å². The highest BCUT2D eigenvalue weighted by atomic mass is 79.9. The molecule has 22 heavy (non-hydrogen) atoms. The van der Waals surface area contributed by atoms with Crippen molar-refractivity contribution < 1.29 is 9.47 Å². The molecule has 2 aromatic carbocycles. The molecule has 1 aliphatic rings. The van der Waals surface area contributed by atoms with Gasteiger partial charge >= 0.3 is 0 Å². The summed E-state index contributed by atoms with van der Waals surface area (Å²) in [5.74, 6) is 1.61. The molecule has 0 bridgehead atoms. The Balaban J connectivity index is 1.91. The molecule has 1 aliphatic heterocycles. The summed E-state index contributed by atoms with van der Waals surface area (Å²) in [7, 11) is 3.37. The van der Waals surface area contributed by atoms with Crippen LogP contribution in [0.3, 0.4) is 0 Å². The Labute approximate surface area is 139 Å². The first-order valence-electron chi connectivity index (χ1n) is 7.44. The number of halogens is 1. The molecular formula is C18H20BrNO2. The highest BCUT2D eigenvalue weighted by Gasteiger charge is 2.22. The maximum absolute atomic E-state index is 5.46. The summed E-state index contributed by atoms with van der Waals surface area (Å²) in [5.41, 5.74) is 3.98. The third-order valence-electron chi connectivity index (χ3n) is 4.16. The van der Waals surface area contributed by atoms with Crippen molar-refractivity contribution in [3.8, 4) is 11.5 Å². The van der Waals surface area contributed by atoms with E-state index in [2.05, 4.69) is 57.6 Å². The van der Waals surface area contributed by atoms with Crippen molar-refractivity contribution in [1.29, 1.82) is 0 Å². The molecule has 0 amide bonds. The molecule has 1 heterocycles. The van der Waals surface area contributed by atoms with Crippen LogP contribution < -0.4 is 14.8 Å². The van der Waals surface area contributed by atoms with Gasteiger partial charge in [-0.15, -0.1) is 0 Å². The van der Waals surface area contributed by atoms with E-state index in [0.717, 1.165) is 35.4 Å². The standard InChI is InChI=1S/C18H20BrNO2/c1-21-17-10-13-7-8-20-16(15(13)11-18(17)22-2)9-12-3-5-14(19)6-4-12/h3-6,10-11,16,20H,7-9H2,1-2H3/t16-/m1/s1. The van der Waals surface area contributed by atoms with Crippen LogP contribution >= 0.6 is 15.9 Å². The number of hydrogen-bond donors (Lipinski definition) is 1. The SMILES string of the molecule is COc1cc2c(cc1OC)[C@@H](Cc1ccc(Br)cc1)NCC2. The van der Waals surface area contributed by atoms with Crippen LogP contribution in [0.5, 0.6) is 11.5 Å². The average Bonchev–Trinajstić information content (AvgIpc) is 2.56. The van der Waals surface area contributed by atoms with E-state index in [4.69, 9.17) is 9.47 Å². The number of nitrogens with one attached hydrogen (secondary N) is 1. The highest BCUT2D eigenvalue weighted by molar-refractivity contribution is 9.10. The van der Waals surface area contributed by atoms with Gasteiger partial charge in [0.2, 0.25) is 0 Å². The summed E-state index contributed by atoms with van der Waals surface area (Å²) in [6, 6.07) is 13.1. The van der Waals surface area contributed by atoms with Gasteiger partial charge in [0.05, 0.1) is 14.2 Å². The number of fused-ring (bicyclic) bond motifs is 1. The monoisotopic (exact) mass is 361 g/mol. The molecule has 0 saturated carbocycles. The molecule has 0 aromatic heterocycles. The van der Waals surface area contributed by atoms with Crippen molar-refractivity contribution in [2.24, 2.45) is 0 Å². The van der Waals surface area contributed by atoms with E-state index in [-0.39, 0.29) is 0 Å². The van der Waals surface area contributed by atoms with E-state index in [9.17, 15) is 0 Å². The molecule has 0 fully saturated rings. The summed E-state index contributed by atoms with van der Waals surface area (Å²) in [5, 5.41) is 3.62. The van der Waals surface area contributed by atoms with Gasteiger partial charge in [-0.1, -0.05) is 28.1 Å². The predicted octanol–water partition coefficient (Wildman–Crippen LogP) is 3.90. The molecule has 116 valence electrons. The van der Waals surface area contributed by atoms with Gasteiger partial charge in [-0.3, -0.25) is 0 Å². The number of rotatable bonds is 4. The third kappa shape index (κ3) is 3.13. The largest absolute Gasteiger partial charge is 0.493 e. The summed E-state index contributed by atoms with van der Waals surface area (Å²) in [4.78, 5) is 0. The van der Waals surface area contributed by atoms with Crippen molar-refractivity contribution >= 4 is 15.9 Å². The van der Waals surface area contributed by atoms with Crippen LogP contribution in [0.4, 0.5) is 0 Å². The zero-order valence-corrected chi connectivity index (χ0v) is 14.4. The number of hydrogen-bond acceptors (Lipinski definition) is 3. The quantitative estimate of drug-likeness (QED) is 0.895. The molecule has 0 saturated heterocycles. The van der Waals surface area contributed by atoms with Crippen LogP contribution in [0.1, 0.15) is 22.7 Å². The minimum atomic E-state index is 0.310. The predicted molar refractivity (Wildman–Crippen MR) is 91.8 cm³/mol. The fraction of sp³-hybridized carbons (Fsp3) is 0.333. The van der Waals surface area contributed by atoms with Crippen LogP contribution in [-0.2, 0) is 12.8 Å². The van der Waals surface area contributed by atoms with Gasteiger partial charge in [0.15, 0.2) is 11.5 Å². The highest BCUT2D eigenvalue weighted by Crippen LogP contribution is 2.36. The molecule has 3 rings (SSSR count). The second kappa shape index (κ2) is 6.71. The average molecular weight is 362 g/mol. The molecule has 0 spiro atoms. The Bertz CT molecular complexity index is 655. The van der Waals surface area contributed by atoms with E-state index in [1.165, 1.54) is 16.7 Å². The maximum Gasteiger partial charge on any atom is 0.161 e. The molecule has 1 atom stereocenters. The normalized spacial score (nSPS) is 17.0. The van der Waals surface area contributed by atoms with Crippen molar-refractivity contribution in [1.82, 2.24) is 5.32 Å². The van der Waals surface area contributed by atoms with Crippen molar-refractivity contribution in [3.63, 3.8) is 0 Å². The lowest BCUT2D eigenvalue weighted by molar-refractivity contribution is 0.352. The van der Waals surface area contributed by atoms with Crippen molar-refractivity contribution in [2.45, 2.75) is 18.9 Å². The van der Waals surface area contributed by atoms with Gasteiger partial charge in [-0.25, -0.2) is 0 Å². The summed E-state index contributed by atoms with van der Waals surface area (Å²) < 4.78 is 12.0. The van der Waals surface area contributed by atoms with Crippen molar-refractivity contribution in [2.75, 3.05) is 20.8 Å². The molecule has 0 unspecified atom stereocenters. The molecule has 4 heteroatoms. The number of methoxy groups -OCH3 is 2. The second-order valence-corrected chi connectivity index (χ2v) is 6.41. The van der Waals surface area contributed by atoms with E-state index in [1.54, 1.807) is 14.2 Å². The van der Waals surface area contributed by atoms with Gasteiger partial charge < -0.3 is 14.8 Å². The zero-order valence-electron chi connectivity index (χ0n) is 12.9. The second-order valence-electron chi connectivity index (χ2n) is 5.49. The molecular weight excluding hydrogens is 342 g/mol. The molecule has 0 radical (unpaired) electrons. The first-order chi connectivity index (χ1) is 10.7. The Kier molecular flexibility index (Phi) is 4.69. The third-order valence-corrected chi connectivity index (χ3v) is 4.69. The lowest BCUT2D eigenvalue weighted by atomic mass is 9.90. The van der Waals surface area contributed by atoms with E-state index in [1.807, 2.05) is 0 Å². The fourth-order valence-electron chi connectivity index (χ4n) is 3.01. The molecule has 3 nitrogen and oxygen atoms in total. The lowest BCUT2D eigenvalue weighted by Gasteiger charge is -2.28. The molecule has 0 aliphatic carbocycles. The van der Waals surface area contributed by atoms with Crippen molar-refractivity contribution in [3.05, 3.63) is 57.6 Å². The Morgan fingerprint density at radius 3 is 2.45 bits per heavy atom. The van der Waals surface area contributed by atoms with E-state index in [0.29, 0.717) is 6.04 Å². The van der Waals surface area contributed by atoms with Crippen LogP contribution in [-0.4, -0.2) is 20.8 Å². The maximum atomic E-state index is 5.46. The summed E-state index contributed by atoms with van der Waals surface area (Å²) in [6.07, 6.45) is 1.99. The number of benzene rings is 2. The fourth-order valence-corrected chi connectivity index (χ4v) is 3.27. The van der Waals surface area contributed by atoms with Crippen LogP contribution in [0.15, 0.2) is 40.9 Å². The Morgan fingerprint density at radius 2 is 1.77 bits per heavy atom. The smallest absolute Gasteiger partial charge is 0.161 e. The van der Waals surface area contributed by atoms with Gasteiger partial charge in [-0.2, -0.15) is 0 Å². The van der Waals surface area contributed by atoms with Crippen LogP contribution in [0, 0.1) is 0 Å². The summed E-state index contributed by atoms with van der Waals surface area (Å²) >= 11 is 3.49. The Morgan fingerprint density at radius 1 is 1.09 bits per heavy atom. The van der Waals surface area contributed by atoms with Crippen LogP contribution in [0.2, 0.25) is 0 Å². The molecule has 2 aromatic rings. The van der Waals surface area contributed by atoms with E-state index < -0.39 is 0 Å². The zero-order chi connectivity index (χ0) is 15.5. The van der Waals surface area contributed by atoms with Gasteiger partial charge in [0.25, 0.3) is 0 Å². The van der Waals surface area contributed by atoms with Crippen LogP contribution in [0.25, 0.3) is 0 Å². The minimum absolute atomic E-state index is 0.310.